The molecule has 1 aromatic heterocycles. The fraction of sp³-hybridized carbons (Fsp3) is 0.421. The largest absolute Gasteiger partial charge is 0.458 e. The molecule has 1 aliphatic rings. The van der Waals surface area contributed by atoms with E-state index >= 15 is 0 Å². The third kappa shape index (κ3) is 4.59. The maximum atomic E-state index is 12.4. The molecule has 1 atom stereocenters. The Labute approximate surface area is 163 Å². The number of amides is 1. The van der Waals surface area contributed by atoms with Crippen LogP contribution in [-0.2, 0) is 30.8 Å². The van der Waals surface area contributed by atoms with Crippen molar-refractivity contribution in [2.24, 2.45) is 0 Å². The van der Waals surface area contributed by atoms with Gasteiger partial charge < -0.3 is 14.1 Å². The number of oxazole rings is 1. The molecule has 2 aromatic rings. The van der Waals surface area contributed by atoms with Crippen LogP contribution in [0.15, 0.2) is 39.8 Å². The molecule has 1 fully saturated rings. The summed E-state index contributed by atoms with van der Waals surface area (Å²) >= 11 is 0. The molecule has 3 rings (SSSR count). The number of nitrogens with zero attached hydrogens (tertiary/aromatic N) is 2. The predicted molar refractivity (Wildman–Crippen MR) is 99.9 cm³/mol. The van der Waals surface area contributed by atoms with Crippen molar-refractivity contribution in [2.45, 2.75) is 43.7 Å². The van der Waals surface area contributed by atoms with Gasteiger partial charge in [0.05, 0.1) is 4.90 Å². The summed E-state index contributed by atoms with van der Waals surface area (Å²) in [5.41, 5.74) is 1.04. The Morgan fingerprint density at radius 1 is 1.25 bits per heavy atom. The van der Waals surface area contributed by atoms with Crippen LogP contribution in [0, 0.1) is 0 Å². The first-order valence-corrected chi connectivity index (χ1v) is 10.8. The summed E-state index contributed by atoms with van der Waals surface area (Å²) in [6.07, 6.45) is 4.88. The molecule has 0 aliphatic carbocycles. The van der Waals surface area contributed by atoms with E-state index in [0.29, 0.717) is 30.1 Å². The van der Waals surface area contributed by atoms with Crippen molar-refractivity contribution in [2.75, 3.05) is 12.8 Å². The molecule has 8 nitrogen and oxygen atoms in total. The van der Waals surface area contributed by atoms with Crippen molar-refractivity contribution in [3.05, 3.63) is 36.2 Å². The van der Waals surface area contributed by atoms with Gasteiger partial charge in [-0.25, -0.2) is 18.2 Å². The normalized spacial score (nSPS) is 17.4. The highest BCUT2D eigenvalue weighted by atomic mass is 32.2. The van der Waals surface area contributed by atoms with Gasteiger partial charge in [0.1, 0.15) is 24.6 Å². The van der Waals surface area contributed by atoms with E-state index < -0.39 is 21.8 Å². The number of sulfone groups is 1. The first-order valence-electron chi connectivity index (χ1n) is 8.94. The van der Waals surface area contributed by atoms with Crippen molar-refractivity contribution < 1.29 is 27.2 Å². The molecule has 150 valence electrons. The lowest BCUT2D eigenvalue weighted by Crippen LogP contribution is -2.47. The number of benzene rings is 1. The number of rotatable bonds is 5. The summed E-state index contributed by atoms with van der Waals surface area (Å²) in [5, 5.41) is 0. The van der Waals surface area contributed by atoms with Gasteiger partial charge in [0.2, 0.25) is 11.8 Å². The van der Waals surface area contributed by atoms with Crippen LogP contribution in [0.4, 0.5) is 0 Å². The topological polar surface area (TPSA) is 107 Å². The van der Waals surface area contributed by atoms with E-state index in [2.05, 4.69) is 4.98 Å². The second kappa shape index (κ2) is 8.14. The standard InChI is InChI=1S/C19H22N2O6S/c1-13(22)21-10-4-3-5-17(21)19(23)27-12-15-11-26-18(20-15)14-6-8-16(9-7-14)28(2,24)25/h6-9,11,17H,3-5,10,12H2,1-2H3/t17-/m0/s1. The van der Waals surface area contributed by atoms with Crippen LogP contribution in [0.5, 0.6) is 0 Å². The Kier molecular flexibility index (Phi) is 5.83. The van der Waals surface area contributed by atoms with Crippen LogP contribution in [-0.4, -0.2) is 49.0 Å². The molecular weight excluding hydrogens is 384 g/mol. The molecule has 2 heterocycles. The predicted octanol–water partition coefficient (Wildman–Crippen LogP) is 2.19. The van der Waals surface area contributed by atoms with Crippen molar-refractivity contribution in [1.82, 2.24) is 9.88 Å². The highest BCUT2D eigenvalue weighted by Gasteiger charge is 2.31. The number of hydrogen-bond donors (Lipinski definition) is 0. The van der Waals surface area contributed by atoms with Gasteiger partial charge in [0.15, 0.2) is 9.84 Å². The third-order valence-electron chi connectivity index (χ3n) is 4.62. The van der Waals surface area contributed by atoms with Crippen molar-refractivity contribution in [1.29, 1.82) is 0 Å². The Hall–Kier alpha value is -2.68. The fourth-order valence-corrected chi connectivity index (χ4v) is 3.78. The Balaban J connectivity index is 1.63. The molecule has 1 aromatic carbocycles. The van der Waals surface area contributed by atoms with E-state index in [-0.39, 0.29) is 17.4 Å². The van der Waals surface area contributed by atoms with E-state index in [1.165, 1.54) is 25.3 Å². The average Bonchev–Trinajstić information content (AvgIpc) is 3.14. The summed E-state index contributed by atoms with van der Waals surface area (Å²) in [6, 6.07) is 5.61. The Morgan fingerprint density at radius 3 is 2.61 bits per heavy atom. The minimum absolute atomic E-state index is 0.0635. The number of carbonyl (C=O) groups excluding carboxylic acids is 2. The molecular formula is C19H22N2O6S. The maximum absolute atomic E-state index is 12.4. The van der Waals surface area contributed by atoms with Crippen LogP contribution >= 0.6 is 0 Å². The summed E-state index contributed by atoms with van der Waals surface area (Å²) in [4.78, 5) is 30.1. The molecule has 9 heteroatoms. The maximum Gasteiger partial charge on any atom is 0.329 e. The van der Waals surface area contributed by atoms with Crippen molar-refractivity contribution >= 4 is 21.7 Å². The van der Waals surface area contributed by atoms with Crippen molar-refractivity contribution in [3.63, 3.8) is 0 Å². The molecule has 0 saturated carbocycles. The monoisotopic (exact) mass is 406 g/mol. The molecule has 1 amide bonds. The van der Waals surface area contributed by atoms with Gasteiger partial charge in [0, 0.05) is 25.3 Å². The zero-order valence-electron chi connectivity index (χ0n) is 15.8. The molecule has 1 aliphatic heterocycles. The number of ether oxygens (including phenoxy) is 1. The van der Waals surface area contributed by atoms with Gasteiger partial charge in [-0.05, 0) is 43.5 Å². The van der Waals surface area contributed by atoms with Crippen LogP contribution < -0.4 is 0 Å². The highest BCUT2D eigenvalue weighted by molar-refractivity contribution is 7.90. The van der Waals surface area contributed by atoms with Crippen LogP contribution in [0.3, 0.4) is 0 Å². The van der Waals surface area contributed by atoms with E-state index in [0.717, 1.165) is 19.1 Å². The SMILES string of the molecule is CC(=O)N1CCCC[C@H]1C(=O)OCc1coc(-c2ccc(S(C)(=O)=O)cc2)n1. The number of esters is 1. The zero-order chi connectivity index (χ0) is 20.3. The number of piperidine rings is 1. The van der Waals surface area contributed by atoms with E-state index in [1.54, 1.807) is 17.0 Å². The van der Waals surface area contributed by atoms with E-state index in [4.69, 9.17) is 9.15 Å². The summed E-state index contributed by atoms with van der Waals surface area (Å²) in [5.74, 6) is -0.283. The molecule has 0 radical (unpaired) electrons. The molecule has 1 saturated heterocycles. The van der Waals surface area contributed by atoms with Crippen LogP contribution in [0.2, 0.25) is 0 Å². The zero-order valence-corrected chi connectivity index (χ0v) is 16.6. The van der Waals surface area contributed by atoms with E-state index in [1.807, 2.05) is 0 Å². The minimum Gasteiger partial charge on any atom is -0.458 e. The molecule has 28 heavy (non-hydrogen) atoms. The lowest BCUT2D eigenvalue weighted by atomic mass is 10.0. The fourth-order valence-electron chi connectivity index (χ4n) is 3.15. The van der Waals surface area contributed by atoms with Gasteiger partial charge in [-0.3, -0.25) is 4.79 Å². The number of hydrogen-bond acceptors (Lipinski definition) is 7. The minimum atomic E-state index is -3.27. The quantitative estimate of drug-likeness (QED) is 0.701. The van der Waals surface area contributed by atoms with Gasteiger partial charge >= 0.3 is 5.97 Å². The molecule has 0 spiro atoms. The van der Waals surface area contributed by atoms with Crippen LogP contribution in [0.1, 0.15) is 31.9 Å². The lowest BCUT2D eigenvalue weighted by Gasteiger charge is -2.33. The Morgan fingerprint density at radius 2 is 1.96 bits per heavy atom. The molecule has 0 unspecified atom stereocenters. The lowest BCUT2D eigenvalue weighted by molar-refractivity contribution is -0.157. The van der Waals surface area contributed by atoms with E-state index in [9.17, 15) is 18.0 Å². The number of likely N-dealkylation sites (tertiary alicyclic amines) is 1. The first kappa shape index (κ1) is 20.1. The third-order valence-corrected chi connectivity index (χ3v) is 5.75. The smallest absolute Gasteiger partial charge is 0.329 e. The van der Waals surface area contributed by atoms with Gasteiger partial charge in [-0.1, -0.05) is 0 Å². The summed E-state index contributed by atoms with van der Waals surface area (Å²) < 4.78 is 33.8. The molecule has 0 N–H and O–H groups in total. The summed E-state index contributed by atoms with van der Waals surface area (Å²) in [6.45, 7) is 1.95. The average molecular weight is 406 g/mol. The number of aromatic nitrogens is 1. The first-order chi connectivity index (χ1) is 13.3. The molecule has 0 bridgehead atoms. The van der Waals surface area contributed by atoms with Crippen molar-refractivity contribution in [3.8, 4) is 11.5 Å². The second-order valence-corrected chi connectivity index (χ2v) is 8.79. The summed E-state index contributed by atoms with van der Waals surface area (Å²) in [7, 11) is -3.27. The Bertz CT molecular complexity index is 965. The van der Waals surface area contributed by atoms with Crippen LogP contribution in [0.25, 0.3) is 11.5 Å². The highest BCUT2D eigenvalue weighted by Crippen LogP contribution is 2.22. The number of carbonyl (C=O) groups is 2. The van der Waals surface area contributed by atoms with Gasteiger partial charge in [0.25, 0.3) is 0 Å². The second-order valence-electron chi connectivity index (χ2n) is 6.77. The van der Waals surface area contributed by atoms with Gasteiger partial charge in [-0.2, -0.15) is 0 Å². The van der Waals surface area contributed by atoms with Gasteiger partial charge in [-0.15, -0.1) is 0 Å².